The molecule has 33 heavy (non-hydrogen) atoms. The molecule has 4 heteroatoms. The van der Waals surface area contributed by atoms with E-state index in [0.29, 0.717) is 12.0 Å². The summed E-state index contributed by atoms with van der Waals surface area (Å²) in [6.07, 6.45) is 14.2. The van der Waals surface area contributed by atoms with Gasteiger partial charge in [0.2, 0.25) is 0 Å². The van der Waals surface area contributed by atoms with E-state index < -0.39 is 0 Å². The maximum Gasteiger partial charge on any atom is 0.132 e. The summed E-state index contributed by atoms with van der Waals surface area (Å²) in [6.45, 7) is 17.3. The number of aromatic nitrogens is 1. The molecule has 3 rings (SSSR count). The smallest absolute Gasteiger partial charge is 0.132 e. The van der Waals surface area contributed by atoms with Gasteiger partial charge in [0, 0.05) is 29.2 Å². The fourth-order valence-electron chi connectivity index (χ4n) is 5.02. The first-order valence-corrected chi connectivity index (χ1v) is 12.9. The topological polar surface area (TPSA) is 52.0 Å². The van der Waals surface area contributed by atoms with Crippen molar-refractivity contribution in [3.05, 3.63) is 65.7 Å². The Morgan fingerprint density at radius 1 is 1.12 bits per heavy atom. The van der Waals surface area contributed by atoms with Gasteiger partial charge in [0.15, 0.2) is 0 Å². The van der Waals surface area contributed by atoms with Crippen LogP contribution in [-0.2, 0) is 6.42 Å². The first kappa shape index (κ1) is 28.8. The molecule has 1 atom stereocenters. The van der Waals surface area contributed by atoms with Gasteiger partial charge in [-0.25, -0.2) is 0 Å². The number of amidine groups is 1. The van der Waals surface area contributed by atoms with Gasteiger partial charge in [-0.1, -0.05) is 39.2 Å². The molecule has 0 spiro atoms. The van der Waals surface area contributed by atoms with Crippen LogP contribution >= 0.6 is 0 Å². The second-order valence-electron chi connectivity index (χ2n) is 8.72. The number of allylic oxidation sites excluding steroid dienone is 1. The molecule has 0 aromatic carbocycles. The summed E-state index contributed by atoms with van der Waals surface area (Å²) in [4.78, 5) is 6.81. The standard InChI is InChI=1S/C25H38N4.C2H6.C2H4/c1-5-23-24(17-29(25(23)26)22-9-7-6-8-10-22)21(13-14-27-4)12-11-20-15-18(2)28-19(3)16-20;2*1-2/h5,15-17,21-22,26-27H,6-14H2,1-4H3;1-2H3;1-2H2/b23-5-,26-25?;;. The summed E-state index contributed by atoms with van der Waals surface area (Å²) in [5, 5.41) is 12.2. The van der Waals surface area contributed by atoms with Crippen molar-refractivity contribution in [3.63, 3.8) is 0 Å². The third-order valence-electron chi connectivity index (χ3n) is 6.46. The molecule has 1 fully saturated rings. The third-order valence-corrected chi connectivity index (χ3v) is 6.46. The lowest BCUT2D eigenvalue weighted by molar-refractivity contribution is 0.301. The molecule has 1 aliphatic carbocycles. The maximum atomic E-state index is 8.83. The second-order valence-corrected chi connectivity index (χ2v) is 8.72. The zero-order valence-corrected chi connectivity index (χ0v) is 22.1. The Bertz CT molecular complexity index is 767. The number of rotatable bonds is 8. The molecule has 2 N–H and O–H groups in total. The molecule has 0 radical (unpaired) electrons. The highest BCUT2D eigenvalue weighted by molar-refractivity contribution is 6.03. The molecule has 1 unspecified atom stereocenters. The zero-order chi connectivity index (χ0) is 24.8. The molecular weight excluding hydrogens is 404 g/mol. The first-order chi connectivity index (χ1) is 16.0. The number of nitrogens with one attached hydrogen (secondary N) is 2. The van der Waals surface area contributed by atoms with E-state index in [2.05, 4.69) is 73.5 Å². The summed E-state index contributed by atoms with van der Waals surface area (Å²) in [5.41, 5.74) is 6.11. The van der Waals surface area contributed by atoms with Crippen molar-refractivity contribution in [3.8, 4) is 0 Å². The van der Waals surface area contributed by atoms with E-state index >= 15 is 0 Å². The highest BCUT2D eigenvalue weighted by Gasteiger charge is 2.33. The normalized spacial score (nSPS) is 18.2. The van der Waals surface area contributed by atoms with E-state index in [-0.39, 0.29) is 0 Å². The second kappa shape index (κ2) is 15.6. The van der Waals surface area contributed by atoms with Crippen LogP contribution in [0.2, 0.25) is 0 Å². The number of pyridine rings is 1. The molecule has 1 aromatic rings. The van der Waals surface area contributed by atoms with Crippen molar-refractivity contribution < 1.29 is 0 Å². The van der Waals surface area contributed by atoms with Crippen LogP contribution in [0.5, 0.6) is 0 Å². The Hall–Kier alpha value is -2.20. The minimum Gasteiger partial charge on any atom is -0.330 e. The SMILES string of the molecule is C/C=C1\C(=N)N(C2CCCCC2)C=C1C(CCNC)CCc1cc(C)nc(C)c1.C=C.CC. The van der Waals surface area contributed by atoms with Gasteiger partial charge in [-0.15, -0.1) is 13.2 Å². The Kier molecular flexibility index (Phi) is 13.6. The summed E-state index contributed by atoms with van der Waals surface area (Å²) < 4.78 is 0. The van der Waals surface area contributed by atoms with Gasteiger partial charge < -0.3 is 10.2 Å². The summed E-state index contributed by atoms with van der Waals surface area (Å²) in [7, 11) is 2.03. The minimum atomic E-state index is 0.469. The summed E-state index contributed by atoms with van der Waals surface area (Å²) >= 11 is 0. The molecule has 184 valence electrons. The molecule has 0 amide bonds. The first-order valence-electron chi connectivity index (χ1n) is 12.9. The van der Waals surface area contributed by atoms with Gasteiger partial charge in [0.25, 0.3) is 0 Å². The van der Waals surface area contributed by atoms with E-state index in [9.17, 15) is 0 Å². The van der Waals surface area contributed by atoms with E-state index in [0.717, 1.165) is 48.6 Å². The van der Waals surface area contributed by atoms with Gasteiger partial charge in [0.05, 0.1) is 0 Å². The van der Waals surface area contributed by atoms with Gasteiger partial charge in [0.1, 0.15) is 5.84 Å². The van der Waals surface area contributed by atoms with Crippen molar-refractivity contribution in [1.82, 2.24) is 15.2 Å². The lowest BCUT2D eigenvalue weighted by Crippen LogP contribution is -2.34. The van der Waals surface area contributed by atoms with Gasteiger partial charge in [-0.05, 0) is 95.7 Å². The Morgan fingerprint density at radius 2 is 1.73 bits per heavy atom. The van der Waals surface area contributed by atoms with Crippen molar-refractivity contribution >= 4 is 5.84 Å². The van der Waals surface area contributed by atoms with Crippen molar-refractivity contribution in [2.45, 2.75) is 92.0 Å². The molecule has 0 bridgehead atoms. The molecule has 2 aliphatic rings. The van der Waals surface area contributed by atoms with Crippen LogP contribution in [0.15, 0.2) is 48.7 Å². The van der Waals surface area contributed by atoms with Crippen molar-refractivity contribution in [1.29, 1.82) is 5.41 Å². The van der Waals surface area contributed by atoms with Gasteiger partial charge in [-0.3, -0.25) is 10.4 Å². The predicted molar refractivity (Wildman–Crippen MR) is 145 cm³/mol. The quantitative estimate of drug-likeness (QED) is 0.412. The maximum absolute atomic E-state index is 8.83. The van der Waals surface area contributed by atoms with Crippen LogP contribution < -0.4 is 5.32 Å². The van der Waals surface area contributed by atoms with Crippen molar-refractivity contribution in [2.75, 3.05) is 13.6 Å². The summed E-state index contributed by atoms with van der Waals surface area (Å²) in [6, 6.07) is 4.95. The molecule has 1 aliphatic heterocycles. The average Bonchev–Trinajstić information content (AvgIpc) is 3.17. The van der Waals surface area contributed by atoms with Crippen LogP contribution in [0.25, 0.3) is 0 Å². The van der Waals surface area contributed by atoms with E-state index in [1.807, 2.05) is 20.9 Å². The fourth-order valence-corrected chi connectivity index (χ4v) is 5.02. The highest BCUT2D eigenvalue weighted by atomic mass is 15.2. The predicted octanol–water partition coefficient (Wildman–Crippen LogP) is 7.14. The number of nitrogens with zero attached hydrogens (tertiary/aromatic N) is 2. The van der Waals surface area contributed by atoms with Crippen LogP contribution in [0.3, 0.4) is 0 Å². The van der Waals surface area contributed by atoms with Crippen molar-refractivity contribution in [2.24, 2.45) is 5.92 Å². The lowest BCUT2D eigenvalue weighted by Gasteiger charge is -2.31. The largest absolute Gasteiger partial charge is 0.330 e. The molecule has 2 heterocycles. The van der Waals surface area contributed by atoms with Gasteiger partial charge in [-0.2, -0.15) is 0 Å². The molecular formula is C29H48N4. The molecule has 4 nitrogen and oxygen atoms in total. The van der Waals surface area contributed by atoms with Gasteiger partial charge >= 0.3 is 0 Å². The number of hydrogen-bond acceptors (Lipinski definition) is 3. The van der Waals surface area contributed by atoms with E-state index in [1.54, 1.807) is 0 Å². The van der Waals surface area contributed by atoms with Crippen LogP contribution in [0, 0.1) is 25.2 Å². The zero-order valence-electron chi connectivity index (χ0n) is 22.1. The van der Waals surface area contributed by atoms with E-state index in [1.165, 1.54) is 43.2 Å². The third kappa shape index (κ3) is 8.26. The van der Waals surface area contributed by atoms with Crippen LogP contribution in [-0.4, -0.2) is 35.4 Å². The number of aryl methyl sites for hydroxylation is 3. The lowest BCUT2D eigenvalue weighted by atomic mass is 9.86. The highest BCUT2D eigenvalue weighted by Crippen LogP contribution is 2.37. The summed E-state index contributed by atoms with van der Waals surface area (Å²) in [5.74, 6) is 1.19. The Morgan fingerprint density at radius 3 is 2.27 bits per heavy atom. The fraction of sp³-hybridized carbons (Fsp3) is 0.586. The Balaban J connectivity index is 0.00000129. The molecule has 0 saturated heterocycles. The van der Waals surface area contributed by atoms with Crippen LogP contribution in [0.4, 0.5) is 0 Å². The Labute approximate surface area is 203 Å². The molecule has 1 aromatic heterocycles. The minimum absolute atomic E-state index is 0.469. The van der Waals surface area contributed by atoms with Crippen LogP contribution in [0.1, 0.15) is 82.7 Å². The number of hydrogen-bond donors (Lipinski definition) is 2. The van der Waals surface area contributed by atoms with E-state index in [4.69, 9.17) is 5.41 Å². The monoisotopic (exact) mass is 452 g/mol. The average molecular weight is 453 g/mol. The molecule has 1 saturated carbocycles.